The fraction of sp³-hybridized carbons (Fsp3) is 0.438. The minimum Gasteiger partial charge on any atom is -0.349 e. The maximum atomic E-state index is 13.2. The smallest absolute Gasteiger partial charge is 0.185 e. The highest BCUT2D eigenvalue weighted by Crippen LogP contribution is 2.23. The predicted molar refractivity (Wildman–Crippen MR) is 87.3 cm³/mol. The molecule has 1 atom stereocenters. The van der Waals surface area contributed by atoms with Crippen molar-refractivity contribution in [1.29, 1.82) is 0 Å². The molecule has 0 fully saturated rings. The van der Waals surface area contributed by atoms with E-state index in [9.17, 15) is 4.39 Å². The van der Waals surface area contributed by atoms with Gasteiger partial charge < -0.3 is 10.2 Å². The maximum Gasteiger partial charge on any atom is 0.185 e. The van der Waals surface area contributed by atoms with Crippen molar-refractivity contribution in [2.75, 3.05) is 18.0 Å². The molecule has 5 heteroatoms. The number of halogens is 1. The lowest BCUT2D eigenvalue weighted by molar-refractivity contribution is 0.568. The summed E-state index contributed by atoms with van der Waals surface area (Å²) >= 11 is 1.71. The molecule has 1 heterocycles. The summed E-state index contributed by atoms with van der Waals surface area (Å²) < 4.78 is 13.2. The zero-order chi connectivity index (χ0) is 15.2. The van der Waals surface area contributed by atoms with Gasteiger partial charge in [0.05, 0.1) is 0 Å². The van der Waals surface area contributed by atoms with E-state index in [2.05, 4.69) is 29.0 Å². The quantitative estimate of drug-likeness (QED) is 0.838. The Bertz CT molecular complexity index is 566. The molecule has 3 nitrogen and oxygen atoms in total. The number of benzene rings is 1. The van der Waals surface area contributed by atoms with Gasteiger partial charge in [0.15, 0.2) is 5.13 Å². The fourth-order valence-electron chi connectivity index (χ4n) is 2.17. The molecule has 114 valence electrons. The molecule has 21 heavy (non-hydrogen) atoms. The van der Waals surface area contributed by atoms with Crippen molar-refractivity contribution in [3.05, 3.63) is 46.7 Å². The second-order valence-corrected chi connectivity index (χ2v) is 6.03. The monoisotopic (exact) mass is 307 g/mol. The van der Waals surface area contributed by atoms with Crippen LogP contribution < -0.4 is 10.2 Å². The first-order valence-corrected chi connectivity index (χ1v) is 8.14. The molecular formula is C16H22FN3S. The third-order valence-corrected chi connectivity index (χ3v) is 4.56. The SMILES string of the molecule is CCN(CC)c1ncc(CN[C@H](C)c2cccc(F)c2)s1. The third-order valence-electron chi connectivity index (χ3n) is 3.51. The summed E-state index contributed by atoms with van der Waals surface area (Å²) in [6.45, 7) is 8.99. The lowest BCUT2D eigenvalue weighted by Crippen LogP contribution is -2.21. The van der Waals surface area contributed by atoms with Gasteiger partial charge in [0.1, 0.15) is 5.82 Å². The highest BCUT2D eigenvalue weighted by Gasteiger charge is 2.10. The van der Waals surface area contributed by atoms with Crippen LogP contribution in [-0.4, -0.2) is 18.1 Å². The largest absolute Gasteiger partial charge is 0.349 e. The molecule has 0 saturated heterocycles. The Morgan fingerprint density at radius 2 is 2.10 bits per heavy atom. The Kier molecular flexibility index (Phi) is 5.70. The van der Waals surface area contributed by atoms with Crippen molar-refractivity contribution >= 4 is 16.5 Å². The van der Waals surface area contributed by atoms with Gasteiger partial charge in [0.2, 0.25) is 0 Å². The predicted octanol–water partition coefficient (Wildman–Crippen LogP) is 3.98. The number of nitrogens with zero attached hydrogens (tertiary/aromatic N) is 2. The zero-order valence-corrected chi connectivity index (χ0v) is 13.6. The minimum absolute atomic E-state index is 0.111. The normalized spacial score (nSPS) is 12.4. The number of nitrogens with one attached hydrogen (secondary N) is 1. The summed E-state index contributed by atoms with van der Waals surface area (Å²) in [5.41, 5.74) is 0.962. The Balaban J connectivity index is 1.94. The van der Waals surface area contributed by atoms with Crippen molar-refractivity contribution in [2.24, 2.45) is 0 Å². The summed E-state index contributed by atoms with van der Waals surface area (Å²) in [6, 6.07) is 6.84. The fourth-order valence-corrected chi connectivity index (χ4v) is 3.15. The van der Waals surface area contributed by atoms with E-state index in [1.54, 1.807) is 23.5 Å². The lowest BCUT2D eigenvalue weighted by atomic mass is 10.1. The molecular weight excluding hydrogens is 285 g/mol. The molecule has 0 radical (unpaired) electrons. The van der Waals surface area contributed by atoms with Crippen LogP contribution in [0.15, 0.2) is 30.5 Å². The van der Waals surface area contributed by atoms with Gasteiger partial charge in [-0.05, 0) is 38.5 Å². The van der Waals surface area contributed by atoms with Gasteiger partial charge in [0, 0.05) is 36.8 Å². The Morgan fingerprint density at radius 1 is 1.33 bits per heavy atom. The first kappa shape index (κ1) is 15.9. The molecule has 2 rings (SSSR count). The number of hydrogen-bond acceptors (Lipinski definition) is 4. The van der Waals surface area contributed by atoms with Crippen molar-refractivity contribution in [3.63, 3.8) is 0 Å². The highest BCUT2D eigenvalue weighted by molar-refractivity contribution is 7.15. The van der Waals surface area contributed by atoms with Gasteiger partial charge in [0.25, 0.3) is 0 Å². The number of thiazole rings is 1. The van der Waals surface area contributed by atoms with Crippen molar-refractivity contribution in [3.8, 4) is 0 Å². The van der Waals surface area contributed by atoms with Crippen molar-refractivity contribution in [1.82, 2.24) is 10.3 Å². The van der Waals surface area contributed by atoms with E-state index >= 15 is 0 Å². The topological polar surface area (TPSA) is 28.2 Å². The van der Waals surface area contributed by atoms with Gasteiger partial charge in [-0.3, -0.25) is 0 Å². The molecule has 1 aromatic heterocycles. The lowest BCUT2D eigenvalue weighted by Gasteiger charge is -2.16. The molecule has 1 N–H and O–H groups in total. The van der Waals surface area contributed by atoms with E-state index in [0.29, 0.717) is 0 Å². The molecule has 0 unspecified atom stereocenters. The first-order valence-electron chi connectivity index (χ1n) is 7.32. The van der Waals surface area contributed by atoms with Crippen LogP contribution in [0.2, 0.25) is 0 Å². The average Bonchev–Trinajstić information content (AvgIpc) is 2.95. The number of hydrogen-bond donors (Lipinski definition) is 1. The van der Waals surface area contributed by atoms with Crippen LogP contribution in [0, 0.1) is 5.82 Å². The van der Waals surface area contributed by atoms with E-state index in [4.69, 9.17) is 0 Å². The van der Waals surface area contributed by atoms with Crippen LogP contribution in [-0.2, 0) is 6.54 Å². The Labute approximate surface area is 129 Å². The third kappa shape index (κ3) is 4.25. The molecule has 0 saturated carbocycles. The minimum atomic E-state index is -0.192. The summed E-state index contributed by atoms with van der Waals surface area (Å²) in [5, 5.41) is 4.48. The van der Waals surface area contributed by atoms with E-state index in [1.807, 2.05) is 19.2 Å². The second kappa shape index (κ2) is 7.52. The van der Waals surface area contributed by atoms with Crippen LogP contribution in [0.5, 0.6) is 0 Å². The van der Waals surface area contributed by atoms with E-state index < -0.39 is 0 Å². The molecule has 2 aromatic rings. The Hall–Kier alpha value is -1.46. The molecule has 0 amide bonds. The molecule has 0 aliphatic carbocycles. The summed E-state index contributed by atoms with van der Waals surface area (Å²) in [6.07, 6.45) is 1.92. The number of rotatable bonds is 7. The highest BCUT2D eigenvalue weighted by atomic mass is 32.1. The molecule has 0 bridgehead atoms. The van der Waals surface area contributed by atoms with Gasteiger partial charge in [-0.1, -0.05) is 12.1 Å². The molecule has 0 spiro atoms. The van der Waals surface area contributed by atoms with Crippen LogP contribution in [0.1, 0.15) is 37.3 Å². The van der Waals surface area contributed by atoms with Gasteiger partial charge >= 0.3 is 0 Å². The maximum absolute atomic E-state index is 13.2. The van der Waals surface area contributed by atoms with Crippen LogP contribution in [0.3, 0.4) is 0 Å². The van der Waals surface area contributed by atoms with Gasteiger partial charge in [-0.25, -0.2) is 9.37 Å². The zero-order valence-electron chi connectivity index (χ0n) is 12.8. The number of anilines is 1. The second-order valence-electron chi connectivity index (χ2n) is 4.94. The number of aromatic nitrogens is 1. The molecule has 0 aliphatic heterocycles. The molecule has 1 aromatic carbocycles. The summed E-state index contributed by atoms with van der Waals surface area (Å²) in [5.74, 6) is -0.192. The van der Waals surface area contributed by atoms with Crippen LogP contribution >= 0.6 is 11.3 Å². The standard InChI is InChI=1S/C16H22FN3S/c1-4-20(5-2)16-19-11-15(21-16)10-18-12(3)13-7-6-8-14(17)9-13/h6-9,11-12,18H,4-5,10H2,1-3H3/t12-/m1/s1. The van der Waals surface area contributed by atoms with Crippen molar-refractivity contribution in [2.45, 2.75) is 33.4 Å². The van der Waals surface area contributed by atoms with Crippen LogP contribution in [0.4, 0.5) is 9.52 Å². The van der Waals surface area contributed by atoms with E-state index in [1.165, 1.54) is 10.9 Å². The first-order chi connectivity index (χ1) is 10.1. The summed E-state index contributed by atoms with van der Waals surface area (Å²) in [7, 11) is 0. The average molecular weight is 307 g/mol. The van der Waals surface area contributed by atoms with Gasteiger partial charge in [-0.15, -0.1) is 11.3 Å². The Morgan fingerprint density at radius 3 is 2.76 bits per heavy atom. The van der Waals surface area contributed by atoms with Gasteiger partial charge in [-0.2, -0.15) is 0 Å². The van der Waals surface area contributed by atoms with Crippen LogP contribution in [0.25, 0.3) is 0 Å². The van der Waals surface area contributed by atoms with E-state index in [0.717, 1.165) is 30.3 Å². The van der Waals surface area contributed by atoms with E-state index in [-0.39, 0.29) is 11.9 Å². The molecule has 0 aliphatic rings. The summed E-state index contributed by atoms with van der Waals surface area (Å²) in [4.78, 5) is 7.90. The van der Waals surface area contributed by atoms with Crippen molar-refractivity contribution < 1.29 is 4.39 Å².